The average molecular weight is 572 g/mol. The Morgan fingerprint density at radius 1 is 1.13 bits per heavy atom. The van der Waals surface area contributed by atoms with Crippen molar-refractivity contribution in [2.45, 2.75) is 15.1 Å². The Balaban J connectivity index is 1.57. The van der Waals surface area contributed by atoms with Gasteiger partial charge in [-0.05, 0) is 42.0 Å². The maximum Gasteiger partial charge on any atom is 0.296 e. The van der Waals surface area contributed by atoms with E-state index in [9.17, 15) is 33.2 Å². The molecule has 14 heteroatoms. The van der Waals surface area contributed by atoms with Crippen LogP contribution in [0, 0.1) is 10.1 Å². The molecule has 0 bridgehead atoms. The summed E-state index contributed by atoms with van der Waals surface area (Å²) < 4.78 is 31.2. The van der Waals surface area contributed by atoms with Crippen molar-refractivity contribution in [2.24, 2.45) is 0 Å². The van der Waals surface area contributed by atoms with Gasteiger partial charge in [-0.25, -0.2) is 13.4 Å². The highest BCUT2D eigenvalue weighted by molar-refractivity contribution is 7.93. The number of aliphatic hydroxyl groups excluding tert-OH is 1. The van der Waals surface area contributed by atoms with E-state index in [1.807, 2.05) is 0 Å². The molecule has 11 nitrogen and oxygen atoms in total. The van der Waals surface area contributed by atoms with Crippen LogP contribution in [0.1, 0.15) is 22.2 Å². The fourth-order valence-corrected chi connectivity index (χ4v) is 6.56. The summed E-state index contributed by atoms with van der Waals surface area (Å²) in [5.41, 5.74) is -0.156. The van der Waals surface area contributed by atoms with E-state index >= 15 is 0 Å². The Hall–Kier alpha value is -4.33. The Labute approximate surface area is 223 Å². The summed E-state index contributed by atoms with van der Waals surface area (Å²) in [5.74, 6) is -2.64. The third-order valence-corrected chi connectivity index (χ3v) is 9.16. The van der Waals surface area contributed by atoms with Crippen LogP contribution < -0.4 is 4.90 Å². The average Bonchev–Trinajstić information content (AvgIpc) is 3.65. The monoisotopic (exact) mass is 571 g/mol. The number of nitrogens with zero attached hydrogens (tertiary/aromatic N) is 3. The van der Waals surface area contributed by atoms with Crippen LogP contribution in [0.25, 0.3) is 0 Å². The number of benzene rings is 2. The standard InChI is InChI=1S/C24H14ClN3O8S2/c25-14-5-3-13(4-6-14)20-19(21(29)17-2-1-11-36-17)22(30)23(31)27(20)24-26-12-18(37-24)38(34,35)16-9-7-15(8-10-16)28(32)33/h1-12,20,30H. The molecule has 0 spiro atoms. The molecular formula is C24H14ClN3O8S2. The maximum absolute atomic E-state index is 13.2. The van der Waals surface area contributed by atoms with Gasteiger partial charge in [0.2, 0.25) is 15.6 Å². The van der Waals surface area contributed by atoms with Crippen LogP contribution in [-0.2, 0) is 14.6 Å². The molecule has 1 amide bonds. The van der Waals surface area contributed by atoms with Gasteiger partial charge < -0.3 is 9.52 Å². The van der Waals surface area contributed by atoms with Gasteiger partial charge in [-0.2, -0.15) is 0 Å². The molecule has 3 heterocycles. The summed E-state index contributed by atoms with van der Waals surface area (Å²) in [6.07, 6.45) is 2.30. The molecular weight excluding hydrogens is 558 g/mol. The van der Waals surface area contributed by atoms with Crippen molar-refractivity contribution in [1.82, 2.24) is 4.98 Å². The molecule has 0 saturated carbocycles. The summed E-state index contributed by atoms with van der Waals surface area (Å²) in [7, 11) is -4.15. The number of carbonyl (C=O) groups excluding carboxylic acids is 2. The Bertz CT molecular complexity index is 1710. The number of thiazole rings is 1. The second-order valence-corrected chi connectivity index (χ2v) is 11.5. The van der Waals surface area contributed by atoms with Crippen LogP contribution in [0.5, 0.6) is 0 Å². The second-order valence-electron chi connectivity index (χ2n) is 7.91. The number of hydrogen-bond donors (Lipinski definition) is 1. The van der Waals surface area contributed by atoms with Crippen LogP contribution >= 0.6 is 22.9 Å². The van der Waals surface area contributed by atoms with Crippen LogP contribution in [-0.4, -0.2) is 35.1 Å². The fourth-order valence-electron chi connectivity index (χ4n) is 3.88. The molecule has 0 aliphatic carbocycles. The van der Waals surface area contributed by atoms with Crippen molar-refractivity contribution in [3.8, 4) is 0 Å². The van der Waals surface area contributed by atoms with Crippen molar-refractivity contribution >= 4 is 55.3 Å². The summed E-state index contributed by atoms with van der Waals surface area (Å²) in [4.78, 5) is 41.6. The van der Waals surface area contributed by atoms with Gasteiger partial charge >= 0.3 is 0 Å². The van der Waals surface area contributed by atoms with Crippen LogP contribution in [0.2, 0.25) is 5.02 Å². The molecule has 38 heavy (non-hydrogen) atoms. The predicted molar refractivity (Wildman–Crippen MR) is 135 cm³/mol. The molecule has 4 aromatic rings. The zero-order valence-electron chi connectivity index (χ0n) is 18.8. The molecule has 0 fully saturated rings. The largest absolute Gasteiger partial charge is 0.503 e. The minimum absolute atomic E-state index is 0.107. The van der Waals surface area contributed by atoms with Gasteiger partial charge in [0.25, 0.3) is 11.6 Å². The predicted octanol–water partition coefficient (Wildman–Crippen LogP) is 4.91. The highest BCUT2D eigenvalue weighted by Gasteiger charge is 2.46. The molecule has 0 radical (unpaired) electrons. The molecule has 1 atom stereocenters. The van der Waals surface area contributed by atoms with E-state index in [1.165, 1.54) is 30.5 Å². The van der Waals surface area contributed by atoms with Gasteiger partial charge in [0.1, 0.15) is 4.21 Å². The van der Waals surface area contributed by atoms with Crippen molar-refractivity contribution in [2.75, 3.05) is 4.90 Å². The first-order chi connectivity index (χ1) is 18.1. The van der Waals surface area contributed by atoms with E-state index in [0.717, 1.165) is 35.4 Å². The Morgan fingerprint density at radius 2 is 1.82 bits per heavy atom. The number of aliphatic hydroxyl groups is 1. The highest BCUT2D eigenvalue weighted by atomic mass is 35.5. The smallest absolute Gasteiger partial charge is 0.296 e. The number of ketones is 1. The van der Waals surface area contributed by atoms with Crippen LogP contribution in [0.15, 0.2) is 98.0 Å². The molecule has 1 unspecified atom stereocenters. The van der Waals surface area contributed by atoms with Gasteiger partial charge in [0.05, 0.1) is 33.9 Å². The number of amides is 1. The zero-order chi connectivity index (χ0) is 27.2. The van der Waals surface area contributed by atoms with E-state index in [2.05, 4.69) is 4.98 Å². The van der Waals surface area contributed by atoms with Gasteiger partial charge in [0, 0.05) is 17.2 Å². The van der Waals surface area contributed by atoms with E-state index in [1.54, 1.807) is 12.1 Å². The van der Waals surface area contributed by atoms with E-state index in [0.29, 0.717) is 21.9 Å². The van der Waals surface area contributed by atoms with E-state index in [-0.39, 0.29) is 31.3 Å². The molecule has 192 valence electrons. The van der Waals surface area contributed by atoms with Crippen LogP contribution in [0.4, 0.5) is 10.8 Å². The Kier molecular flexibility index (Phi) is 6.34. The van der Waals surface area contributed by atoms with E-state index < -0.39 is 38.3 Å². The normalized spacial score (nSPS) is 15.8. The first-order valence-electron chi connectivity index (χ1n) is 10.7. The third kappa shape index (κ3) is 4.26. The van der Waals surface area contributed by atoms with Gasteiger partial charge in [0.15, 0.2) is 16.7 Å². The lowest BCUT2D eigenvalue weighted by molar-refractivity contribution is -0.384. The summed E-state index contributed by atoms with van der Waals surface area (Å²) in [6.45, 7) is 0. The lowest BCUT2D eigenvalue weighted by Gasteiger charge is -2.24. The number of Topliss-reactive ketones (excluding diaryl/α,β-unsaturated/α-hetero) is 1. The molecule has 1 aliphatic heterocycles. The number of non-ortho nitro benzene ring substituents is 1. The van der Waals surface area contributed by atoms with Crippen molar-refractivity contribution < 1.29 is 32.5 Å². The Morgan fingerprint density at radius 3 is 2.42 bits per heavy atom. The first-order valence-corrected chi connectivity index (χ1v) is 13.3. The number of sulfone groups is 1. The first kappa shape index (κ1) is 25.3. The molecule has 2 aromatic heterocycles. The lowest BCUT2D eigenvalue weighted by Crippen LogP contribution is -2.30. The summed E-state index contributed by atoms with van der Waals surface area (Å²) >= 11 is 6.64. The number of carbonyl (C=O) groups is 2. The SMILES string of the molecule is O=C(C1=C(O)C(=O)N(c2ncc(S(=O)(=O)c3ccc([N+](=O)[O-])cc3)s2)C1c1ccc(Cl)cc1)c1ccco1. The summed E-state index contributed by atoms with van der Waals surface area (Å²) in [5, 5.41) is 22.0. The number of anilines is 1. The maximum atomic E-state index is 13.2. The molecule has 1 N–H and O–H groups in total. The number of furan rings is 1. The molecule has 1 aliphatic rings. The summed E-state index contributed by atoms with van der Waals surface area (Å²) in [6, 6.07) is 12.2. The third-order valence-electron chi connectivity index (χ3n) is 5.68. The van der Waals surface area contributed by atoms with Crippen LogP contribution in [0.3, 0.4) is 0 Å². The van der Waals surface area contributed by atoms with Crippen molar-refractivity contribution in [1.29, 1.82) is 0 Å². The van der Waals surface area contributed by atoms with E-state index in [4.69, 9.17) is 16.0 Å². The zero-order valence-corrected chi connectivity index (χ0v) is 21.2. The number of halogens is 1. The highest BCUT2D eigenvalue weighted by Crippen LogP contribution is 2.44. The number of rotatable bonds is 7. The number of nitro benzene ring substituents is 1. The minimum atomic E-state index is -4.15. The van der Waals surface area contributed by atoms with Crippen molar-refractivity contribution in [3.63, 3.8) is 0 Å². The number of hydrogen-bond acceptors (Lipinski definition) is 10. The minimum Gasteiger partial charge on any atom is -0.503 e. The fraction of sp³-hybridized carbons (Fsp3) is 0.0417. The number of aromatic nitrogens is 1. The second kappa shape index (κ2) is 9.52. The molecule has 0 saturated heterocycles. The van der Waals surface area contributed by atoms with Gasteiger partial charge in [-0.1, -0.05) is 35.1 Å². The van der Waals surface area contributed by atoms with Gasteiger partial charge in [-0.15, -0.1) is 0 Å². The number of nitro groups is 1. The van der Waals surface area contributed by atoms with Gasteiger partial charge in [-0.3, -0.25) is 24.6 Å². The molecule has 5 rings (SSSR count). The topological polar surface area (TPSA) is 161 Å². The van der Waals surface area contributed by atoms with Crippen molar-refractivity contribution in [3.05, 3.63) is 111 Å². The molecule has 2 aromatic carbocycles. The quantitative estimate of drug-likeness (QED) is 0.184. The lowest BCUT2D eigenvalue weighted by atomic mass is 9.95.